The van der Waals surface area contributed by atoms with Gasteiger partial charge in [-0.1, -0.05) is 13.8 Å². The van der Waals surface area contributed by atoms with Gasteiger partial charge in [0.1, 0.15) is 12.4 Å². The number of likely N-dealkylation sites (tertiary alicyclic amines) is 1. The molecule has 1 N–H and O–H groups in total. The van der Waals surface area contributed by atoms with E-state index >= 15 is 0 Å². The van der Waals surface area contributed by atoms with Crippen LogP contribution in [0.1, 0.15) is 20.3 Å². The molecule has 0 aromatic heterocycles. The van der Waals surface area contributed by atoms with Crippen LogP contribution in [0.4, 0.5) is 18.9 Å². The summed E-state index contributed by atoms with van der Waals surface area (Å²) in [6, 6.07) is 5.88. The van der Waals surface area contributed by atoms with Crippen LogP contribution in [0.2, 0.25) is 0 Å². The largest absolute Gasteiger partial charge is 0.492 e. The summed E-state index contributed by atoms with van der Waals surface area (Å²) in [5.41, 5.74) is 0.0864. The van der Waals surface area contributed by atoms with Crippen LogP contribution in [0.5, 0.6) is 5.75 Å². The van der Waals surface area contributed by atoms with Crippen molar-refractivity contribution in [3.63, 3.8) is 0 Å². The summed E-state index contributed by atoms with van der Waals surface area (Å²) in [6.45, 7) is 7.97. The number of benzene rings is 1. The number of anilines is 1. The number of piperidine rings is 1. The predicted octanol–water partition coefficient (Wildman–Crippen LogP) is 3.54. The topological polar surface area (TPSA) is 41.6 Å². The predicted molar refractivity (Wildman–Crippen MR) is 86.0 cm³/mol. The number of carbonyl (C=O) groups excluding carboxylic acids is 1. The summed E-state index contributed by atoms with van der Waals surface area (Å²) in [7, 11) is 0. The first-order chi connectivity index (χ1) is 11.2. The molecule has 1 amide bonds. The number of alkyl halides is 3. The summed E-state index contributed by atoms with van der Waals surface area (Å²) in [6.07, 6.45) is -3.64. The Kier molecular flexibility index (Phi) is 6.10. The molecule has 2 unspecified atom stereocenters. The number of halogens is 3. The van der Waals surface area contributed by atoms with Gasteiger partial charge in [0.15, 0.2) is 0 Å². The molecule has 0 spiro atoms. The molecule has 4 nitrogen and oxygen atoms in total. The average molecular weight is 344 g/mol. The van der Waals surface area contributed by atoms with Crippen LogP contribution < -0.4 is 10.1 Å². The zero-order chi connectivity index (χ0) is 17.7. The Morgan fingerprint density at radius 2 is 1.79 bits per heavy atom. The lowest BCUT2D eigenvalue weighted by molar-refractivity contribution is -0.167. The van der Waals surface area contributed by atoms with E-state index in [2.05, 4.69) is 18.7 Å². The number of hydrogen-bond donors (Lipinski definition) is 1. The van der Waals surface area contributed by atoms with E-state index in [0.29, 0.717) is 24.2 Å². The standard InChI is InChI=1S/C17H23F3N2O2/c1-12-9-13(2)11-22(10-12)7-8-24-15-5-3-14(4-6-15)21-16(23)17(18,19)20/h3-6,12-13H,7-11H2,1-2H3,(H,21,23). The third-order valence-electron chi connectivity index (χ3n) is 3.99. The maximum absolute atomic E-state index is 12.2. The molecule has 0 bridgehead atoms. The maximum Gasteiger partial charge on any atom is 0.471 e. The second-order valence-electron chi connectivity index (χ2n) is 6.53. The van der Waals surface area contributed by atoms with E-state index in [1.807, 2.05) is 0 Å². The highest BCUT2D eigenvalue weighted by atomic mass is 19.4. The summed E-state index contributed by atoms with van der Waals surface area (Å²) in [5, 5.41) is 1.80. The number of nitrogens with one attached hydrogen (secondary N) is 1. The van der Waals surface area contributed by atoms with Gasteiger partial charge in [-0.25, -0.2) is 0 Å². The highest BCUT2D eigenvalue weighted by molar-refractivity contribution is 5.94. The van der Waals surface area contributed by atoms with E-state index in [-0.39, 0.29) is 5.69 Å². The van der Waals surface area contributed by atoms with E-state index in [9.17, 15) is 18.0 Å². The molecule has 0 saturated carbocycles. The van der Waals surface area contributed by atoms with Crippen molar-refractivity contribution in [1.29, 1.82) is 0 Å². The lowest BCUT2D eigenvalue weighted by Crippen LogP contribution is -2.40. The fourth-order valence-corrected chi connectivity index (χ4v) is 3.10. The second kappa shape index (κ2) is 7.88. The molecule has 24 heavy (non-hydrogen) atoms. The van der Waals surface area contributed by atoms with Crippen molar-refractivity contribution in [3.8, 4) is 5.75 Å². The Labute approximate surface area is 140 Å². The van der Waals surface area contributed by atoms with E-state index in [0.717, 1.165) is 19.6 Å². The lowest BCUT2D eigenvalue weighted by Gasteiger charge is -2.34. The van der Waals surface area contributed by atoms with Gasteiger partial charge in [-0.3, -0.25) is 9.69 Å². The first kappa shape index (κ1) is 18.6. The van der Waals surface area contributed by atoms with Gasteiger partial charge in [0.25, 0.3) is 0 Å². The van der Waals surface area contributed by atoms with Crippen LogP contribution in [0.3, 0.4) is 0 Å². The molecule has 1 aliphatic rings. The first-order valence-corrected chi connectivity index (χ1v) is 8.07. The minimum Gasteiger partial charge on any atom is -0.492 e. The fraction of sp³-hybridized carbons (Fsp3) is 0.588. The maximum atomic E-state index is 12.2. The van der Waals surface area contributed by atoms with Crippen molar-refractivity contribution < 1.29 is 22.7 Å². The third kappa shape index (κ3) is 5.70. The third-order valence-corrected chi connectivity index (χ3v) is 3.99. The summed E-state index contributed by atoms with van der Waals surface area (Å²) >= 11 is 0. The van der Waals surface area contributed by atoms with Gasteiger partial charge < -0.3 is 10.1 Å². The first-order valence-electron chi connectivity index (χ1n) is 8.07. The van der Waals surface area contributed by atoms with E-state index in [4.69, 9.17) is 4.74 Å². The molecular weight excluding hydrogens is 321 g/mol. The van der Waals surface area contributed by atoms with Crippen molar-refractivity contribution >= 4 is 11.6 Å². The summed E-state index contributed by atoms with van der Waals surface area (Å²) < 4.78 is 42.1. The highest BCUT2D eigenvalue weighted by Crippen LogP contribution is 2.22. The average Bonchev–Trinajstić information content (AvgIpc) is 2.47. The van der Waals surface area contributed by atoms with Crippen molar-refractivity contribution in [2.24, 2.45) is 11.8 Å². The van der Waals surface area contributed by atoms with Crippen LogP contribution in [0, 0.1) is 11.8 Å². The normalized spacial score (nSPS) is 22.2. The summed E-state index contributed by atoms with van der Waals surface area (Å²) in [4.78, 5) is 13.2. The number of carbonyl (C=O) groups is 1. The van der Waals surface area contributed by atoms with Crippen LogP contribution >= 0.6 is 0 Å². The Hall–Kier alpha value is -1.76. The summed E-state index contributed by atoms with van der Waals surface area (Å²) in [5.74, 6) is -0.0434. The van der Waals surface area contributed by atoms with Gasteiger partial charge in [0, 0.05) is 25.3 Å². The Morgan fingerprint density at radius 3 is 2.33 bits per heavy atom. The van der Waals surface area contributed by atoms with Crippen LogP contribution in [0.25, 0.3) is 0 Å². The van der Waals surface area contributed by atoms with Crippen molar-refractivity contribution in [2.45, 2.75) is 26.4 Å². The van der Waals surface area contributed by atoms with Gasteiger partial charge in [0.2, 0.25) is 0 Å². The molecule has 1 saturated heterocycles. The van der Waals surface area contributed by atoms with Crippen LogP contribution in [0.15, 0.2) is 24.3 Å². The number of rotatable bonds is 5. The molecule has 0 radical (unpaired) electrons. The molecular formula is C17H23F3N2O2. The monoisotopic (exact) mass is 344 g/mol. The van der Waals surface area contributed by atoms with Gasteiger partial charge >= 0.3 is 12.1 Å². The minimum atomic E-state index is -4.89. The quantitative estimate of drug-likeness (QED) is 0.888. The number of hydrogen-bond acceptors (Lipinski definition) is 3. The zero-order valence-electron chi connectivity index (χ0n) is 13.9. The highest BCUT2D eigenvalue weighted by Gasteiger charge is 2.38. The molecule has 1 aliphatic heterocycles. The Morgan fingerprint density at radius 1 is 1.21 bits per heavy atom. The molecule has 1 aromatic carbocycles. The minimum absolute atomic E-state index is 0.0864. The Balaban J connectivity index is 1.77. The van der Waals surface area contributed by atoms with E-state index < -0.39 is 12.1 Å². The Bertz CT molecular complexity index is 536. The molecule has 0 aliphatic carbocycles. The molecule has 1 heterocycles. The molecule has 2 atom stereocenters. The molecule has 1 fully saturated rings. The lowest BCUT2D eigenvalue weighted by atomic mass is 9.92. The van der Waals surface area contributed by atoms with Crippen molar-refractivity contribution in [1.82, 2.24) is 4.90 Å². The molecule has 1 aromatic rings. The van der Waals surface area contributed by atoms with Crippen LogP contribution in [-0.2, 0) is 4.79 Å². The molecule has 2 rings (SSSR count). The number of nitrogens with zero attached hydrogens (tertiary/aromatic N) is 1. The van der Waals surface area contributed by atoms with Gasteiger partial charge in [-0.15, -0.1) is 0 Å². The van der Waals surface area contributed by atoms with Crippen LogP contribution in [-0.4, -0.2) is 43.2 Å². The molecule has 134 valence electrons. The smallest absolute Gasteiger partial charge is 0.471 e. The molecule has 7 heteroatoms. The SMILES string of the molecule is CC1CC(C)CN(CCOc2ccc(NC(=O)C(F)(F)F)cc2)C1. The van der Waals surface area contributed by atoms with Gasteiger partial charge in [0.05, 0.1) is 0 Å². The van der Waals surface area contributed by atoms with E-state index in [1.54, 1.807) is 17.4 Å². The van der Waals surface area contributed by atoms with E-state index in [1.165, 1.54) is 18.6 Å². The van der Waals surface area contributed by atoms with Crippen molar-refractivity contribution in [3.05, 3.63) is 24.3 Å². The van der Waals surface area contributed by atoms with Crippen molar-refractivity contribution in [2.75, 3.05) is 31.6 Å². The number of amides is 1. The second-order valence-corrected chi connectivity index (χ2v) is 6.53. The van der Waals surface area contributed by atoms with Gasteiger partial charge in [-0.05, 0) is 42.5 Å². The van der Waals surface area contributed by atoms with Gasteiger partial charge in [-0.2, -0.15) is 13.2 Å². The zero-order valence-corrected chi connectivity index (χ0v) is 13.9. The number of ether oxygens (including phenoxy) is 1. The fourth-order valence-electron chi connectivity index (χ4n) is 3.10.